The Balaban J connectivity index is 1.44. The van der Waals surface area contributed by atoms with E-state index in [1.54, 1.807) is 28.0 Å². The van der Waals surface area contributed by atoms with Gasteiger partial charge in [-0.25, -0.2) is 4.98 Å². The number of thiazole rings is 1. The van der Waals surface area contributed by atoms with Crippen molar-refractivity contribution in [2.75, 3.05) is 23.8 Å². The molecule has 29 heavy (non-hydrogen) atoms. The van der Waals surface area contributed by atoms with Crippen LogP contribution in [0.2, 0.25) is 0 Å². The number of nitrogens with zero attached hydrogens (tertiary/aromatic N) is 3. The lowest BCUT2D eigenvalue weighted by molar-refractivity contribution is -0.116. The zero-order valence-corrected chi connectivity index (χ0v) is 17.5. The van der Waals surface area contributed by atoms with E-state index in [0.717, 1.165) is 46.1 Å². The van der Waals surface area contributed by atoms with Crippen molar-refractivity contribution in [3.63, 3.8) is 0 Å². The number of hydrogen-bond donors (Lipinski definition) is 0. The predicted molar refractivity (Wildman–Crippen MR) is 118 cm³/mol. The first-order chi connectivity index (χ1) is 14.2. The van der Waals surface area contributed by atoms with Crippen molar-refractivity contribution in [3.05, 3.63) is 59.7 Å². The number of anilines is 1. The highest BCUT2D eigenvalue weighted by Crippen LogP contribution is 2.30. The van der Waals surface area contributed by atoms with Gasteiger partial charge in [0.2, 0.25) is 5.91 Å². The fourth-order valence-electron chi connectivity index (χ4n) is 3.26. The minimum Gasteiger partial charge on any atom is -0.376 e. The maximum atomic E-state index is 13.1. The van der Waals surface area contributed by atoms with Crippen molar-refractivity contribution in [2.45, 2.75) is 24.7 Å². The summed E-state index contributed by atoms with van der Waals surface area (Å²) < 4.78 is 6.86. The monoisotopic (exact) mass is 423 g/mol. The molecule has 0 bridgehead atoms. The molecule has 1 atom stereocenters. The Bertz CT molecular complexity index is 987. The Kier molecular flexibility index (Phi) is 6.45. The standard InChI is InChI=1S/C22H21N3O2S2/c23-12-16-7-9-17(10-8-16)14-28-15-21(26)25(13-18-4-3-11-27-18)22-24-19-5-1-2-6-20(19)29-22/h1-2,5-10,18H,3-4,11,13-15H2. The van der Waals surface area contributed by atoms with E-state index in [9.17, 15) is 4.79 Å². The summed E-state index contributed by atoms with van der Waals surface area (Å²) in [5.41, 5.74) is 2.67. The van der Waals surface area contributed by atoms with Crippen LogP contribution in [0.15, 0.2) is 48.5 Å². The molecule has 1 aliphatic rings. The molecule has 1 aliphatic heterocycles. The molecule has 1 unspecified atom stereocenters. The number of aromatic nitrogens is 1. The highest BCUT2D eigenvalue weighted by atomic mass is 32.2. The first-order valence-electron chi connectivity index (χ1n) is 9.57. The lowest BCUT2D eigenvalue weighted by Crippen LogP contribution is -2.38. The van der Waals surface area contributed by atoms with Crippen LogP contribution in [0.3, 0.4) is 0 Å². The van der Waals surface area contributed by atoms with Gasteiger partial charge in [-0.05, 0) is 42.7 Å². The molecule has 7 heteroatoms. The number of ether oxygens (including phenoxy) is 1. The molecule has 1 saturated heterocycles. The first-order valence-corrected chi connectivity index (χ1v) is 11.5. The quantitative estimate of drug-likeness (QED) is 0.555. The predicted octanol–water partition coefficient (Wildman–Crippen LogP) is 4.61. The Morgan fingerprint density at radius 3 is 2.83 bits per heavy atom. The molecule has 0 aliphatic carbocycles. The lowest BCUT2D eigenvalue weighted by atomic mass is 10.2. The maximum Gasteiger partial charge on any atom is 0.238 e. The van der Waals surface area contributed by atoms with Crippen molar-refractivity contribution < 1.29 is 9.53 Å². The molecule has 0 spiro atoms. The van der Waals surface area contributed by atoms with Crippen LogP contribution in [0.4, 0.5) is 5.13 Å². The molecular formula is C22H21N3O2S2. The first kappa shape index (κ1) is 19.9. The van der Waals surface area contributed by atoms with Gasteiger partial charge in [0, 0.05) is 12.4 Å². The Morgan fingerprint density at radius 1 is 1.28 bits per heavy atom. The van der Waals surface area contributed by atoms with Crippen LogP contribution in [-0.2, 0) is 15.3 Å². The van der Waals surface area contributed by atoms with Gasteiger partial charge in [0.15, 0.2) is 5.13 Å². The molecule has 2 aromatic carbocycles. The van der Waals surface area contributed by atoms with E-state index in [-0.39, 0.29) is 12.0 Å². The number of fused-ring (bicyclic) bond motifs is 1. The summed E-state index contributed by atoms with van der Waals surface area (Å²) in [4.78, 5) is 19.6. The van der Waals surface area contributed by atoms with E-state index < -0.39 is 0 Å². The molecule has 4 rings (SSSR count). The Labute approximate surface area is 178 Å². The summed E-state index contributed by atoms with van der Waals surface area (Å²) in [6.07, 6.45) is 2.10. The average molecular weight is 424 g/mol. The van der Waals surface area contributed by atoms with E-state index in [2.05, 4.69) is 11.1 Å². The minimum absolute atomic E-state index is 0.0539. The summed E-state index contributed by atoms with van der Waals surface area (Å²) in [5, 5.41) is 9.64. The summed E-state index contributed by atoms with van der Waals surface area (Å²) in [6.45, 7) is 1.32. The summed E-state index contributed by atoms with van der Waals surface area (Å²) >= 11 is 3.13. The number of carbonyl (C=O) groups excluding carboxylic acids is 1. The van der Waals surface area contributed by atoms with Gasteiger partial charge in [-0.3, -0.25) is 9.69 Å². The second kappa shape index (κ2) is 9.40. The summed E-state index contributed by atoms with van der Waals surface area (Å²) in [7, 11) is 0. The lowest BCUT2D eigenvalue weighted by Gasteiger charge is -2.23. The zero-order chi connectivity index (χ0) is 20.1. The van der Waals surface area contributed by atoms with Crippen LogP contribution < -0.4 is 4.90 Å². The van der Waals surface area contributed by atoms with Gasteiger partial charge >= 0.3 is 0 Å². The van der Waals surface area contributed by atoms with Crippen LogP contribution in [0, 0.1) is 11.3 Å². The van der Waals surface area contributed by atoms with Crippen LogP contribution in [0.1, 0.15) is 24.0 Å². The van der Waals surface area contributed by atoms with Crippen LogP contribution in [0.5, 0.6) is 0 Å². The molecule has 0 N–H and O–H groups in total. The smallest absolute Gasteiger partial charge is 0.238 e. The highest BCUT2D eigenvalue weighted by Gasteiger charge is 2.26. The molecule has 5 nitrogen and oxygen atoms in total. The third-order valence-electron chi connectivity index (χ3n) is 4.80. The van der Waals surface area contributed by atoms with E-state index in [4.69, 9.17) is 10.00 Å². The number of carbonyl (C=O) groups is 1. The molecule has 1 aromatic heterocycles. The number of benzene rings is 2. The number of thioether (sulfide) groups is 1. The summed E-state index contributed by atoms with van der Waals surface area (Å²) in [6, 6.07) is 17.6. The molecule has 1 amide bonds. The third-order valence-corrected chi connectivity index (χ3v) is 6.85. The molecule has 0 radical (unpaired) electrons. The molecule has 0 saturated carbocycles. The molecular weight excluding hydrogens is 402 g/mol. The largest absolute Gasteiger partial charge is 0.376 e. The van der Waals surface area contributed by atoms with Crippen LogP contribution in [-0.4, -0.2) is 35.9 Å². The van der Waals surface area contributed by atoms with Gasteiger partial charge in [0.05, 0.1) is 40.3 Å². The van der Waals surface area contributed by atoms with Crippen LogP contribution >= 0.6 is 23.1 Å². The van der Waals surface area contributed by atoms with Crippen molar-refractivity contribution in [1.82, 2.24) is 4.98 Å². The maximum absolute atomic E-state index is 13.1. The number of rotatable bonds is 7. The van der Waals surface area contributed by atoms with Gasteiger partial charge in [-0.1, -0.05) is 35.6 Å². The third kappa shape index (κ3) is 4.96. The van der Waals surface area contributed by atoms with Crippen LogP contribution in [0.25, 0.3) is 10.2 Å². The topological polar surface area (TPSA) is 66.2 Å². The Hall–Kier alpha value is -2.40. The van der Waals surface area contributed by atoms with Crippen molar-refractivity contribution in [1.29, 1.82) is 5.26 Å². The van der Waals surface area contributed by atoms with Crippen molar-refractivity contribution >= 4 is 44.4 Å². The van der Waals surface area contributed by atoms with Gasteiger partial charge in [-0.2, -0.15) is 5.26 Å². The van der Waals surface area contributed by atoms with E-state index >= 15 is 0 Å². The normalized spacial score (nSPS) is 16.0. The molecule has 3 aromatic rings. The van der Waals surface area contributed by atoms with E-state index in [1.165, 1.54) is 0 Å². The number of amides is 1. The second-order valence-corrected chi connectivity index (χ2v) is 8.90. The fraction of sp³-hybridized carbons (Fsp3) is 0.318. The average Bonchev–Trinajstić information content (AvgIpc) is 3.41. The molecule has 148 valence electrons. The van der Waals surface area contributed by atoms with Crippen molar-refractivity contribution in [2.24, 2.45) is 0 Å². The number of hydrogen-bond acceptors (Lipinski definition) is 6. The van der Waals surface area contributed by atoms with Gasteiger partial charge in [0.25, 0.3) is 0 Å². The minimum atomic E-state index is 0.0539. The van der Waals surface area contributed by atoms with Crippen molar-refractivity contribution in [3.8, 4) is 6.07 Å². The SMILES string of the molecule is N#Cc1ccc(CSCC(=O)N(CC2CCCO2)c2nc3ccccc3s2)cc1. The second-order valence-electron chi connectivity index (χ2n) is 6.91. The fourth-order valence-corrected chi connectivity index (χ4v) is 5.12. The van der Waals surface area contributed by atoms with E-state index in [1.807, 2.05) is 48.5 Å². The zero-order valence-electron chi connectivity index (χ0n) is 15.9. The van der Waals surface area contributed by atoms with Gasteiger partial charge in [-0.15, -0.1) is 11.8 Å². The number of nitriles is 1. The highest BCUT2D eigenvalue weighted by molar-refractivity contribution is 7.99. The van der Waals surface area contributed by atoms with E-state index in [0.29, 0.717) is 17.9 Å². The Morgan fingerprint density at radius 2 is 2.10 bits per heavy atom. The summed E-state index contributed by atoms with van der Waals surface area (Å²) in [5.74, 6) is 1.16. The number of para-hydroxylation sites is 1. The van der Waals surface area contributed by atoms with Gasteiger partial charge in [0.1, 0.15) is 0 Å². The molecule has 2 heterocycles. The van der Waals surface area contributed by atoms with Gasteiger partial charge < -0.3 is 4.74 Å². The molecule has 1 fully saturated rings.